The molecule has 1 saturated heterocycles. The zero-order chi connectivity index (χ0) is 16.2. The molecule has 23 heavy (non-hydrogen) atoms. The van der Waals surface area contributed by atoms with Crippen molar-refractivity contribution in [2.45, 2.75) is 31.8 Å². The molecule has 1 aromatic heterocycles. The minimum Gasteiger partial charge on any atom is -0.342 e. The lowest BCUT2D eigenvalue weighted by atomic mass is 10.0. The number of piperidine rings is 1. The average Bonchev–Trinajstić information content (AvgIpc) is 3.02. The Balaban J connectivity index is 1.64. The highest BCUT2D eigenvalue weighted by Gasteiger charge is 2.21. The Morgan fingerprint density at radius 3 is 2.87 bits per heavy atom. The molecule has 0 saturated carbocycles. The van der Waals surface area contributed by atoms with Crippen LogP contribution in [0.3, 0.4) is 0 Å². The second kappa shape index (κ2) is 7.12. The van der Waals surface area contributed by atoms with Gasteiger partial charge in [-0.25, -0.2) is 0 Å². The third kappa shape index (κ3) is 3.90. The van der Waals surface area contributed by atoms with E-state index in [0.717, 1.165) is 25.2 Å². The first-order valence-corrected chi connectivity index (χ1v) is 8.88. The van der Waals surface area contributed by atoms with Gasteiger partial charge in [-0.3, -0.25) is 4.79 Å². The maximum atomic E-state index is 12.4. The second-order valence-electron chi connectivity index (χ2n) is 6.08. The largest absolute Gasteiger partial charge is 0.342 e. The van der Waals surface area contributed by atoms with E-state index in [2.05, 4.69) is 22.4 Å². The van der Waals surface area contributed by atoms with Crippen LogP contribution < -0.4 is 0 Å². The van der Waals surface area contributed by atoms with Gasteiger partial charge < -0.3 is 4.90 Å². The molecule has 1 amide bonds. The van der Waals surface area contributed by atoms with Crippen molar-refractivity contribution in [1.29, 1.82) is 0 Å². The fourth-order valence-electron chi connectivity index (χ4n) is 2.75. The summed E-state index contributed by atoms with van der Waals surface area (Å²) in [7, 11) is 0. The first-order chi connectivity index (χ1) is 11.1. The number of amides is 1. The Morgan fingerprint density at radius 1 is 1.35 bits per heavy atom. The number of hydrogen-bond acceptors (Lipinski definition) is 5. The van der Waals surface area contributed by atoms with Crippen molar-refractivity contribution in [2.24, 2.45) is 5.92 Å². The van der Waals surface area contributed by atoms with Gasteiger partial charge in [0.25, 0.3) is 0 Å². The summed E-state index contributed by atoms with van der Waals surface area (Å²) in [6.45, 7) is 5.97. The van der Waals surface area contributed by atoms with Gasteiger partial charge in [0, 0.05) is 13.1 Å². The number of nitrogens with zero attached hydrogens (tertiary/aromatic N) is 5. The van der Waals surface area contributed by atoms with Crippen LogP contribution in [-0.4, -0.2) is 49.9 Å². The first-order valence-electron chi connectivity index (χ1n) is 7.89. The zero-order valence-corrected chi connectivity index (χ0v) is 14.3. The van der Waals surface area contributed by atoms with E-state index in [0.29, 0.717) is 16.8 Å². The summed E-state index contributed by atoms with van der Waals surface area (Å²) in [4.78, 5) is 14.3. The van der Waals surface area contributed by atoms with Crippen molar-refractivity contribution >= 4 is 17.7 Å². The molecular weight excluding hydrogens is 310 g/mol. The molecule has 1 atom stereocenters. The van der Waals surface area contributed by atoms with Crippen molar-refractivity contribution in [3.8, 4) is 5.69 Å². The Bertz CT molecular complexity index is 669. The number of aryl methyl sites for hydroxylation is 1. The van der Waals surface area contributed by atoms with Crippen LogP contribution in [0.5, 0.6) is 0 Å². The molecule has 2 heterocycles. The molecule has 0 bridgehead atoms. The molecule has 6 nitrogen and oxygen atoms in total. The van der Waals surface area contributed by atoms with Gasteiger partial charge >= 0.3 is 0 Å². The minimum atomic E-state index is 0.167. The summed E-state index contributed by atoms with van der Waals surface area (Å²) in [6, 6.07) is 7.99. The topological polar surface area (TPSA) is 63.9 Å². The molecule has 0 spiro atoms. The monoisotopic (exact) mass is 331 g/mol. The first kappa shape index (κ1) is 16.0. The van der Waals surface area contributed by atoms with Gasteiger partial charge in [0.2, 0.25) is 11.1 Å². The van der Waals surface area contributed by atoms with Crippen molar-refractivity contribution in [3.05, 3.63) is 29.8 Å². The predicted molar refractivity (Wildman–Crippen MR) is 89.6 cm³/mol. The predicted octanol–water partition coefficient (Wildman–Crippen LogP) is 2.32. The molecule has 2 aromatic rings. The lowest BCUT2D eigenvalue weighted by Gasteiger charge is -2.30. The van der Waals surface area contributed by atoms with Crippen molar-refractivity contribution < 1.29 is 4.79 Å². The number of hydrogen-bond donors (Lipinski definition) is 0. The van der Waals surface area contributed by atoms with Gasteiger partial charge in [0.05, 0.1) is 11.4 Å². The average molecular weight is 331 g/mol. The van der Waals surface area contributed by atoms with Gasteiger partial charge in [0.1, 0.15) is 0 Å². The smallest absolute Gasteiger partial charge is 0.233 e. The zero-order valence-electron chi connectivity index (χ0n) is 13.5. The molecule has 1 aliphatic rings. The molecule has 0 radical (unpaired) electrons. The standard InChI is InChI=1S/C16H21N5OS/c1-12-5-7-14(8-6-12)21-16(17-18-19-21)23-11-15(22)20-9-3-4-13(2)10-20/h5-8,13H,3-4,9-11H2,1-2H3. The summed E-state index contributed by atoms with van der Waals surface area (Å²) in [6.07, 6.45) is 2.31. The number of tetrazole rings is 1. The van der Waals surface area contributed by atoms with E-state index in [1.165, 1.54) is 23.7 Å². The fourth-order valence-corrected chi connectivity index (χ4v) is 3.54. The van der Waals surface area contributed by atoms with Crippen LogP contribution in [0.1, 0.15) is 25.3 Å². The molecular formula is C16H21N5OS. The lowest BCUT2D eigenvalue weighted by Crippen LogP contribution is -2.40. The van der Waals surface area contributed by atoms with E-state index >= 15 is 0 Å². The maximum absolute atomic E-state index is 12.4. The molecule has 0 N–H and O–H groups in total. The van der Waals surface area contributed by atoms with Crippen LogP contribution in [-0.2, 0) is 4.79 Å². The minimum absolute atomic E-state index is 0.167. The molecule has 3 rings (SSSR count). The van der Waals surface area contributed by atoms with E-state index in [4.69, 9.17) is 0 Å². The number of aromatic nitrogens is 4. The Morgan fingerprint density at radius 2 is 2.13 bits per heavy atom. The number of carbonyl (C=O) groups is 1. The number of rotatable bonds is 4. The van der Waals surface area contributed by atoms with Crippen LogP contribution in [0.15, 0.2) is 29.4 Å². The van der Waals surface area contributed by atoms with Gasteiger partial charge in [0.15, 0.2) is 0 Å². The van der Waals surface area contributed by atoms with Crippen molar-refractivity contribution in [3.63, 3.8) is 0 Å². The van der Waals surface area contributed by atoms with E-state index in [1.807, 2.05) is 36.1 Å². The molecule has 7 heteroatoms. The highest BCUT2D eigenvalue weighted by Crippen LogP contribution is 2.21. The maximum Gasteiger partial charge on any atom is 0.233 e. The van der Waals surface area contributed by atoms with E-state index < -0.39 is 0 Å². The van der Waals surface area contributed by atoms with E-state index in [-0.39, 0.29) is 5.91 Å². The number of likely N-dealkylation sites (tertiary alicyclic amines) is 1. The highest BCUT2D eigenvalue weighted by atomic mass is 32.2. The molecule has 1 aromatic carbocycles. The molecule has 1 fully saturated rings. The Labute approximate surface area is 140 Å². The third-order valence-corrected chi connectivity index (χ3v) is 4.96. The van der Waals surface area contributed by atoms with Crippen LogP contribution in [0.2, 0.25) is 0 Å². The van der Waals surface area contributed by atoms with Crippen molar-refractivity contribution in [1.82, 2.24) is 25.1 Å². The summed E-state index contributed by atoms with van der Waals surface area (Å²) in [5.74, 6) is 1.13. The Kier molecular flexibility index (Phi) is 4.95. The number of benzene rings is 1. The highest BCUT2D eigenvalue weighted by molar-refractivity contribution is 7.99. The normalized spacial score (nSPS) is 18.2. The quantitative estimate of drug-likeness (QED) is 0.805. The van der Waals surface area contributed by atoms with Crippen LogP contribution in [0.25, 0.3) is 5.69 Å². The lowest BCUT2D eigenvalue weighted by molar-refractivity contribution is -0.130. The van der Waals surface area contributed by atoms with Crippen LogP contribution in [0.4, 0.5) is 0 Å². The summed E-state index contributed by atoms with van der Waals surface area (Å²) in [5, 5.41) is 12.5. The number of carbonyl (C=O) groups excluding carboxylic acids is 1. The van der Waals surface area contributed by atoms with Gasteiger partial charge in [-0.1, -0.05) is 36.4 Å². The summed E-state index contributed by atoms with van der Waals surface area (Å²) < 4.78 is 1.68. The second-order valence-corrected chi connectivity index (χ2v) is 7.03. The molecule has 1 unspecified atom stereocenters. The molecule has 1 aliphatic heterocycles. The fraction of sp³-hybridized carbons (Fsp3) is 0.500. The molecule has 0 aliphatic carbocycles. The van der Waals surface area contributed by atoms with Gasteiger partial charge in [-0.15, -0.1) is 5.10 Å². The summed E-state index contributed by atoms with van der Waals surface area (Å²) >= 11 is 1.39. The van der Waals surface area contributed by atoms with E-state index in [1.54, 1.807) is 4.68 Å². The Hall–Kier alpha value is -1.89. The third-order valence-electron chi connectivity index (χ3n) is 4.05. The van der Waals surface area contributed by atoms with Gasteiger partial charge in [-0.05, 0) is 48.2 Å². The van der Waals surface area contributed by atoms with Gasteiger partial charge in [-0.2, -0.15) is 4.68 Å². The van der Waals surface area contributed by atoms with Crippen LogP contribution >= 0.6 is 11.8 Å². The summed E-state index contributed by atoms with van der Waals surface area (Å²) in [5.41, 5.74) is 2.09. The SMILES string of the molecule is Cc1ccc(-n2nnnc2SCC(=O)N2CCCC(C)C2)cc1. The van der Waals surface area contributed by atoms with Crippen LogP contribution in [0, 0.1) is 12.8 Å². The molecule has 122 valence electrons. The van der Waals surface area contributed by atoms with E-state index in [9.17, 15) is 4.79 Å². The number of thioether (sulfide) groups is 1. The van der Waals surface area contributed by atoms with Crippen molar-refractivity contribution in [2.75, 3.05) is 18.8 Å².